The molecule has 5 heteroatoms. The van der Waals surface area contributed by atoms with Gasteiger partial charge < -0.3 is 15.0 Å². The molecule has 1 aliphatic heterocycles. The maximum Gasteiger partial charge on any atom is 0.317 e. The number of amides is 2. The van der Waals surface area contributed by atoms with Gasteiger partial charge in [0.1, 0.15) is 5.75 Å². The molecule has 134 valence electrons. The number of carbonyl (C=O) groups is 1. The summed E-state index contributed by atoms with van der Waals surface area (Å²) in [5, 5.41) is 3.03. The Morgan fingerprint density at radius 2 is 1.83 bits per heavy atom. The van der Waals surface area contributed by atoms with Crippen molar-refractivity contribution in [2.45, 2.75) is 27.2 Å². The molecule has 0 bridgehead atoms. The van der Waals surface area contributed by atoms with Gasteiger partial charge >= 0.3 is 6.03 Å². The third-order valence-electron chi connectivity index (χ3n) is 4.22. The van der Waals surface area contributed by atoms with Gasteiger partial charge in [-0.3, -0.25) is 4.90 Å². The molecule has 1 N–H and O–H groups in total. The van der Waals surface area contributed by atoms with Crippen molar-refractivity contribution in [2.24, 2.45) is 5.41 Å². The Balaban J connectivity index is 1.72. The molecule has 1 saturated heterocycles. The van der Waals surface area contributed by atoms with Crippen molar-refractivity contribution < 1.29 is 9.53 Å². The molecule has 0 saturated carbocycles. The van der Waals surface area contributed by atoms with Gasteiger partial charge in [0, 0.05) is 39.3 Å². The van der Waals surface area contributed by atoms with E-state index in [9.17, 15) is 4.79 Å². The largest absolute Gasteiger partial charge is 0.496 e. The minimum Gasteiger partial charge on any atom is -0.496 e. The Kier molecular flexibility index (Phi) is 6.49. The third-order valence-corrected chi connectivity index (χ3v) is 4.22. The molecule has 0 aliphatic carbocycles. The average molecular weight is 333 g/mol. The topological polar surface area (TPSA) is 44.8 Å². The summed E-state index contributed by atoms with van der Waals surface area (Å²) in [4.78, 5) is 16.7. The second-order valence-electron chi connectivity index (χ2n) is 7.62. The summed E-state index contributed by atoms with van der Waals surface area (Å²) in [6.07, 6.45) is 0.778. The first-order valence-corrected chi connectivity index (χ1v) is 8.76. The lowest BCUT2D eigenvalue weighted by atomic mass is 9.96. The number of rotatable bonds is 5. The van der Waals surface area contributed by atoms with Crippen molar-refractivity contribution in [2.75, 3.05) is 46.4 Å². The molecule has 2 amide bonds. The molecule has 1 aromatic rings. The molecular weight excluding hydrogens is 302 g/mol. The van der Waals surface area contributed by atoms with Crippen LogP contribution in [0.25, 0.3) is 0 Å². The van der Waals surface area contributed by atoms with E-state index >= 15 is 0 Å². The maximum absolute atomic E-state index is 12.3. The van der Waals surface area contributed by atoms with Crippen LogP contribution >= 0.6 is 0 Å². The molecule has 0 spiro atoms. The number of methoxy groups -OCH3 is 1. The number of hydrogen-bond acceptors (Lipinski definition) is 3. The van der Waals surface area contributed by atoms with Crippen molar-refractivity contribution in [3.63, 3.8) is 0 Å². The minimum absolute atomic E-state index is 0.0420. The first-order valence-electron chi connectivity index (χ1n) is 8.76. The van der Waals surface area contributed by atoms with Crippen LogP contribution in [0.1, 0.15) is 26.3 Å². The van der Waals surface area contributed by atoms with Crippen LogP contribution in [0, 0.1) is 5.41 Å². The van der Waals surface area contributed by atoms with Gasteiger partial charge in [-0.15, -0.1) is 0 Å². The Labute approximate surface area is 146 Å². The van der Waals surface area contributed by atoms with Crippen molar-refractivity contribution in [1.29, 1.82) is 0 Å². The zero-order valence-corrected chi connectivity index (χ0v) is 15.5. The number of nitrogens with one attached hydrogen (secondary N) is 1. The predicted molar refractivity (Wildman–Crippen MR) is 97.6 cm³/mol. The number of piperazine rings is 1. The Hall–Kier alpha value is -1.75. The second kappa shape index (κ2) is 8.38. The van der Waals surface area contributed by atoms with E-state index in [1.54, 1.807) is 7.11 Å². The van der Waals surface area contributed by atoms with Gasteiger partial charge in [-0.1, -0.05) is 39.0 Å². The molecular formula is C19H31N3O2. The van der Waals surface area contributed by atoms with Crippen LogP contribution in [0.3, 0.4) is 0 Å². The molecule has 1 fully saturated rings. The SMILES string of the molecule is COc1ccccc1CCNC(=O)N1CCN(CC(C)(C)C)CC1. The molecule has 0 radical (unpaired) electrons. The number of nitrogens with zero attached hydrogens (tertiary/aromatic N) is 2. The molecule has 24 heavy (non-hydrogen) atoms. The quantitative estimate of drug-likeness (QED) is 0.901. The van der Waals surface area contributed by atoms with Crippen LogP contribution in [-0.2, 0) is 6.42 Å². The normalized spacial score (nSPS) is 16.1. The molecule has 1 aromatic carbocycles. The van der Waals surface area contributed by atoms with Crippen LogP contribution < -0.4 is 10.1 Å². The van der Waals surface area contributed by atoms with Gasteiger partial charge in [-0.05, 0) is 23.5 Å². The summed E-state index contributed by atoms with van der Waals surface area (Å²) >= 11 is 0. The van der Waals surface area contributed by atoms with Gasteiger partial charge in [-0.25, -0.2) is 4.79 Å². The van der Waals surface area contributed by atoms with Crippen molar-refractivity contribution in [1.82, 2.24) is 15.1 Å². The van der Waals surface area contributed by atoms with Crippen LogP contribution in [0.4, 0.5) is 4.79 Å². The van der Waals surface area contributed by atoms with Crippen molar-refractivity contribution in [3.8, 4) is 5.75 Å². The van der Waals surface area contributed by atoms with E-state index in [1.165, 1.54) is 0 Å². The zero-order chi connectivity index (χ0) is 17.6. The zero-order valence-electron chi connectivity index (χ0n) is 15.5. The van der Waals surface area contributed by atoms with Crippen molar-refractivity contribution >= 4 is 6.03 Å². The van der Waals surface area contributed by atoms with E-state index in [1.807, 2.05) is 29.2 Å². The fourth-order valence-corrected chi connectivity index (χ4v) is 3.11. The first kappa shape index (κ1) is 18.6. The van der Waals surface area contributed by atoms with E-state index in [0.29, 0.717) is 12.0 Å². The van der Waals surface area contributed by atoms with E-state index in [2.05, 4.69) is 31.0 Å². The number of urea groups is 1. The smallest absolute Gasteiger partial charge is 0.317 e. The number of carbonyl (C=O) groups excluding carboxylic acids is 1. The highest BCUT2D eigenvalue weighted by Gasteiger charge is 2.23. The summed E-state index contributed by atoms with van der Waals surface area (Å²) in [6, 6.07) is 7.98. The van der Waals surface area contributed by atoms with Gasteiger partial charge in [0.05, 0.1) is 7.11 Å². The molecule has 1 heterocycles. The number of para-hydroxylation sites is 1. The van der Waals surface area contributed by atoms with Gasteiger partial charge in [0.15, 0.2) is 0 Å². The highest BCUT2D eigenvalue weighted by atomic mass is 16.5. The second-order valence-corrected chi connectivity index (χ2v) is 7.62. The Morgan fingerprint density at radius 1 is 1.17 bits per heavy atom. The Bertz CT molecular complexity index is 532. The molecule has 2 rings (SSSR count). The molecule has 5 nitrogen and oxygen atoms in total. The lowest BCUT2D eigenvalue weighted by molar-refractivity contribution is 0.113. The average Bonchev–Trinajstić information content (AvgIpc) is 2.54. The fourth-order valence-electron chi connectivity index (χ4n) is 3.11. The predicted octanol–water partition coefficient (Wildman–Crippen LogP) is 2.61. The summed E-state index contributed by atoms with van der Waals surface area (Å²) < 4.78 is 5.34. The number of benzene rings is 1. The number of ether oxygens (including phenoxy) is 1. The van der Waals surface area contributed by atoms with E-state index in [-0.39, 0.29) is 6.03 Å². The van der Waals surface area contributed by atoms with Crippen LogP contribution in [-0.4, -0.2) is 62.2 Å². The van der Waals surface area contributed by atoms with Gasteiger partial charge in [0.25, 0.3) is 0 Å². The molecule has 0 unspecified atom stereocenters. The van der Waals surface area contributed by atoms with Gasteiger partial charge in [0.2, 0.25) is 0 Å². The van der Waals surface area contributed by atoms with E-state index < -0.39 is 0 Å². The summed E-state index contributed by atoms with van der Waals surface area (Å²) in [5.41, 5.74) is 1.43. The highest BCUT2D eigenvalue weighted by Crippen LogP contribution is 2.18. The van der Waals surface area contributed by atoms with Crippen LogP contribution in [0.5, 0.6) is 5.75 Å². The minimum atomic E-state index is 0.0420. The standard InChI is InChI=1S/C19H31N3O2/c1-19(2,3)15-21-11-13-22(14-12-21)18(23)20-10-9-16-7-5-6-8-17(16)24-4/h5-8H,9-15H2,1-4H3,(H,20,23). The summed E-state index contributed by atoms with van der Waals surface area (Å²) in [6.45, 7) is 12.0. The fraction of sp³-hybridized carbons (Fsp3) is 0.632. The molecule has 0 atom stereocenters. The third kappa shape index (κ3) is 5.71. The Morgan fingerprint density at radius 3 is 2.46 bits per heavy atom. The lowest BCUT2D eigenvalue weighted by Gasteiger charge is -2.37. The monoisotopic (exact) mass is 333 g/mol. The van der Waals surface area contributed by atoms with E-state index in [4.69, 9.17) is 4.74 Å². The highest BCUT2D eigenvalue weighted by molar-refractivity contribution is 5.74. The van der Waals surface area contributed by atoms with Crippen LogP contribution in [0.2, 0.25) is 0 Å². The number of hydrogen-bond donors (Lipinski definition) is 1. The van der Waals surface area contributed by atoms with E-state index in [0.717, 1.165) is 50.5 Å². The molecule has 1 aliphatic rings. The molecule has 0 aromatic heterocycles. The van der Waals surface area contributed by atoms with Crippen LogP contribution in [0.15, 0.2) is 24.3 Å². The lowest BCUT2D eigenvalue weighted by Crippen LogP contribution is -2.53. The van der Waals surface area contributed by atoms with Gasteiger partial charge in [-0.2, -0.15) is 0 Å². The summed E-state index contributed by atoms with van der Waals surface area (Å²) in [7, 11) is 1.68. The summed E-state index contributed by atoms with van der Waals surface area (Å²) in [5.74, 6) is 0.877. The first-order chi connectivity index (χ1) is 11.4. The van der Waals surface area contributed by atoms with Crippen molar-refractivity contribution in [3.05, 3.63) is 29.8 Å². The maximum atomic E-state index is 12.3.